The second kappa shape index (κ2) is 5.58. The van der Waals surface area contributed by atoms with Crippen LogP contribution in [-0.2, 0) is 11.8 Å². The Morgan fingerprint density at radius 2 is 1.83 bits per heavy atom. The van der Waals surface area contributed by atoms with Gasteiger partial charge in [0, 0.05) is 24.1 Å². The molecule has 2 aliphatic carbocycles. The maximum Gasteiger partial charge on any atom is 0.222 e. The minimum atomic E-state index is 0.312. The van der Waals surface area contributed by atoms with Crippen LogP contribution in [0.3, 0.4) is 0 Å². The van der Waals surface area contributed by atoms with Crippen LogP contribution >= 0.6 is 0 Å². The van der Waals surface area contributed by atoms with Crippen molar-refractivity contribution in [1.29, 1.82) is 0 Å². The summed E-state index contributed by atoms with van der Waals surface area (Å²) in [6.45, 7) is 4.62. The van der Waals surface area contributed by atoms with Gasteiger partial charge in [-0.3, -0.25) is 0 Å². The highest BCUT2D eigenvalue weighted by Gasteiger charge is 2.43. The van der Waals surface area contributed by atoms with Crippen LogP contribution in [0.25, 0.3) is 0 Å². The van der Waals surface area contributed by atoms with Crippen molar-refractivity contribution in [3.05, 3.63) is 11.3 Å². The number of nitrogens with two attached hydrogens (primary N) is 1. The Kier molecular flexibility index (Phi) is 3.47. The van der Waals surface area contributed by atoms with Crippen molar-refractivity contribution in [2.24, 2.45) is 11.8 Å². The van der Waals surface area contributed by atoms with E-state index in [1.807, 2.05) is 0 Å². The topological polar surface area (TPSA) is 67.1 Å². The number of nitrogens with zero attached hydrogens (tertiary/aromatic N) is 3. The number of rotatable bonds is 1. The van der Waals surface area contributed by atoms with Crippen LogP contribution in [0, 0.1) is 11.8 Å². The van der Waals surface area contributed by atoms with E-state index in [0.717, 1.165) is 37.9 Å². The molecule has 24 heavy (non-hydrogen) atoms. The number of fused-ring (bicyclic) bond motifs is 3. The molecule has 2 aliphatic heterocycles. The molecule has 0 amide bonds. The van der Waals surface area contributed by atoms with Crippen molar-refractivity contribution in [3.63, 3.8) is 0 Å². The van der Waals surface area contributed by atoms with E-state index >= 15 is 0 Å². The molecule has 1 aromatic rings. The lowest BCUT2D eigenvalue weighted by Crippen LogP contribution is -2.42. The van der Waals surface area contributed by atoms with Crippen molar-refractivity contribution in [2.75, 3.05) is 36.8 Å². The number of anilines is 2. The molecule has 3 fully saturated rings. The third-order valence-corrected chi connectivity index (χ3v) is 7.15. The highest BCUT2D eigenvalue weighted by atomic mass is 15.2. The first-order chi connectivity index (χ1) is 11.8. The standard InChI is InChI=1S/C19H29N5/c20-18-22-16-15(4-3-8-19(16)6-1-2-7-19)17(23-18)24-9-5-13-10-21-11-14(13)12-24/h13-14,21H,1-12H2,(H2,20,22,23). The Morgan fingerprint density at radius 3 is 2.71 bits per heavy atom. The maximum atomic E-state index is 6.19. The van der Waals surface area contributed by atoms with Crippen LogP contribution in [0.5, 0.6) is 0 Å². The minimum Gasteiger partial charge on any atom is -0.368 e. The third kappa shape index (κ3) is 2.24. The predicted octanol–water partition coefficient (Wildman–Crippen LogP) is 2.25. The van der Waals surface area contributed by atoms with Crippen LogP contribution in [0.2, 0.25) is 0 Å². The lowest BCUT2D eigenvalue weighted by Gasteiger charge is -2.40. The summed E-state index contributed by atoms with van der Waals surface area (Å²) >= 11 is 0. The second-order valence-electron chi connectivity index (χ2n) is 8.49. The lowest BCUT2D eigenvalue weighted by molar-refractivity contribution is 0.341. The average molecular weight is 327 g/mol. The number of nitrogen functional groups attached to an aromatic ring is 1. The molecule has 4 aliphatic rings. The van der Waals surface area contributed by atoms with Crippen LogP contribution in [0.1, 0.15) is 56.2 Å². The highest BCUT2D eigenvalue weighted by Crippen LogP contribution is 2.49. The quantitative estimate of drug-likeness (QED) is 0.828. The summed E-state index contributed by atoms with van der Waals surface area (Å²) in [6.07, 6.45) is 10.3. The Morgan fingerprint density at radius 1 is 1.04 bits per heavy atom. The molecule has 5 nitrogen and oxygen atoms in total. The average Bonchev–Trinajstić information content (AvgIpc) is 3.24. The van der Waals surface area contributed by atoms with E-state index in [-0.39, 0.29) is 0 Å². The van der Waals surface area contributed by atoms with Crippen LogP contribution in [-0.4, -0.2) is 36.1 Å². The molecule has 0 radical (unpaired) electrons. The molecular formula is C19H29N5. The SMILES string of the molecule is Nc1nc(N2CCC3CNCC3C2)c2c(n1)C1(CCCC1)CCC2. The monoisotopic (exact) mass is 327 g/mol. The van der Waals surface area contributed by atoms with Gasteiger partial charge < -0.3 is 16.0 Å². The van der Waals surface area contributed by atoms with Gasteiger partial charge in [0.05, 0.1) is 5.69 Å². The maximum absolute atomic E-state index is 6.19. The van der Waals surface area contributed by atoms with Crippen molar-refractivity contribution in [3.8, 4) is 0 Å². The molecule has 0 aromatic carbocycles. The van der Waals surface area contributed by atoms with Gasteiger partial charge in [-0.25, -0.2) is 4.98 Å². The minimum absolute atomic E-state index is 0.312. The summed E-state index contributed by atoms with van der Waals surface area (Å²) in [4.78, 5) is 12.1. The van der Waals surface area contributed by atoms with Gasteiger partial charge in [-0.05, 0) is 63.5 Å². The third-order valence-electron chi connectivity index (χ3n) is 7.15. The van der Waals surface area contributed by atoms with E-state index in [9.17, 15) is 0 Å². The summed E-state index contributed by atoms with van der Waals surface area (Å²) in [5.74, 6) is 3.30. The Bertz CT molecular complexity index is 637. The summed E-state index contributed by atoms with van der Waals surface area (Å²) in [7, 11) is 0. The van der Waals surface area contributed by atoms with E-state index in [4.69, 9.17) is 15.7 Å². The Labute approximate surface area is 144 Å². The van der Waals surface area contributed by atoms with E-state index in [2.05, 4.69) is 10.2 Å². The number of nitrogens with one attached hydrogen (secondary N) is 1. The molecule has 130 valence electrons. The molecule has 3 heterocycles. The van der Waals surface area contributed by atoms with Crippen molar-refractivity contribution < 1.29 is 0 Å². The van der Waals surface area contributed by atoms with Crippen molar-refractivity contribution in [2.45, 2.75) is 56.8 Å². The fourth-order valence-electron chi connectivity index (χ4n) is 5.91. The first-order valence-corrected chi connectivity index (χ1v) is 9.88. The summed E-state index contributed by atoms with van der Waals surface area (Å²) < 4.78 is 0. The zero-order chi connectivity index (χ0) is 16.1. The molecule has 2 atom stereocenters. The van der Waals surface area contributed by atoms with Gasteiger partial charge in [-0.1, -0.05) is 12.8 Å². The second-order valence-corrected chi connectivity index (χ2v) is 8.49. The fourth-order valence-corrected chi connectivity index (χ4v) is 5.91. The zero-order valence-corrected chi connectivity index (χ0v) is 14.6. The van der Waals surface area contributed by atoms with Gasteiger partial charge in [-0.2, -0.15) is 4.98 Å². The molecule has 1 saturated carbocycles. The van der Waals surface area contributed by atoms with Crippen LogP contribution in [0.15, 0.2) is 0 Å². The molecule has 0 bridgehead atoms. The molecule has 1 spiro atoms. The lowest BCUT2D eigenvalue weighted by atomic mass is 9.71. The highest BCUT2D eigenvalue weighted by molar-refractivity contribution is 5.55. The van der Waals surface area contributed by atoms with Gasteiger partial charge in [0.1, 0.15) is 5.82 Å². The number of piperidine rings is 1. The zero-order valence-electron chi connectivity index (χ0n) is 14.6. The number of hydrogen-bond acceptors (Lipinski definition) is 5. The largest absolute Gasteiger partial charge is 0.368 e. The molecular weight excluding hydrogens is 298 g/mol. The first kappa shape index (κ1) is 14.9. The van der Waals surface area contributed by atoms with E-state index in [1.165, 1.54) is 68.6 Å². The number of hydrogen-bond donors (Lipinski definition) is 2. The fraction of sp³-hybridized carbons (Fsp3) is 0.789. The van der Waals surface area contributed by atoms with Gasteiger partial charge in [-0.15, -0.1) is 0 Å². The summed E-state index contributed by atoms with van der Waals surface area (Å²) in [5.41, 5.74) is 9.25. The van der Waals surface area contributed by atoms with E-state index in [0.29, 0.717) is 11.4 Å². The van der Waals surface area contributed by atoms with Gasteiger partial charge >= 0.3 is 0 Å². The Hall–Kier alpha value is -1.36. The molecule has 5 rings (SSSR count). The van der Waals surface area contributed by atoms with E-state index in [1.54, 1.807) is 0 Å². The van der Waals surface area contributed by atoms with Crippen molar-refractivity contribution >= 4 is 11.8 Å². The molecule has 1 aromatic heterocycles. The predicted molar refractivity (Wildman–Crippen MR) is 96.2 cm³/mol. The first-order valence-electron chi connectivity index (χ1n) is 9.88. The van der Waals surface area contributed by atoms with Crippen LogP contribution < -0.4 is 16.0 Å². The number of aromatic nitrogens is 2. The normalized spacial score (nSPS) is 31.2. The summed E-state index contributed by atoms with van der Waals surface area (Å²) in [6, 6.07) is 0. The molecule has 2 unspecified atom stereocenters. The molecule has 3 N–H and O–H groups in total. The molecule has 2 saturated heterocycles. The molecule has 5 heteroatoms. The van der Waals surface area contributed by atoms with Crippen LogP contribution in [0.4, 0.5) is 11.8 Å². The smallest absolute Gasteiger partial charge is 0.222 e. The Balaban J connectivity index is 1.54. The van der Waals surface area contributed by atoms with Gasteiger partial charge in [0.15, 0.2) is 0 Å². The van der Waals surface area contributed by atoms with Gasteiger partial charge in [0.2, 0.25) is 5.95 Å². The summed E-state index contributed by atoms with van der Waals surface area (Å²) in [5, 5.41) is 3.57. The van der Waals surface area contributed by atoms with Gasteiger partial charge in [0.25, 0.3) is 0 Å². The van der Waals surface area contributed by atoms with E-state index < -0.39 is 0 Å². The van der Waals surface area contributed by atoms with Crippen molar-refractivity contribution in [1.82, 2.24) is 15.3 Å².